The van der Waals surface area contributed by atoms with Gasteiger partial charge in [-0.15, -0.1) is 0 Å². The van der Waals surface area contributed by atoms with E-state index >= 15 is 0 Å². The molecule has 2 rings (SSSR count). The number of nitrogens with one attached hydrogen (secondary N) is 1. The molecule has 1 aliphatic rings. The van der Waals surface area contributed by atoms with Gasteiger partial charge in [0.1, 0.15) is 0 Å². The predicted molar refractivity (Wildman–Crippen MR) is 80.9 cm³/mol. The Hall–Kier alpha value is -0.910. The molecule has 0 bridgehead atoms. The quantitative estimate of drug-likeness (QED) is 0.883. The Balaban J connectivity index is 2.03. The van der Waals surface area contributed by atoms with E-state index in [4.69, 9.17) is 4.74 Å². The van der Waals surface area contributed by atoms with Crippen molar-refractivity contribution in [2.45, 2.75) is 52.9 Å². The molecule has 0 aliphatic carbocycles. The molecule has 5 heteroatoms. The lowest BCUT2D eigenvalue weighted by molar-refractivity contribution is -0.0293. The highest BCUT2D eigenvalue weighted by Crippen LogP contribution is 2.15. The first-order valence-electron chi connectivity index (χ1n) is 7.53. The van der Waals surface area contributed by atoms with Gasteiger partial charge in [0, 0.05) is 36.9 Å². The van der Waals surface area contributed by atoms with Crippen LogP contribution in [0.2, 0.25) is 0 Å². The van der Waals surface area contributed by atoms with E-state index in [9.17, 15) is 0 Å². The first-order valence-corrected chi connectivity index (χ1v) is 7.53. The van der Waals surface area contributed by atoms with Gasteiger partial charge in [-0.05, 0) is 20.9 Å². The van der Waals surface area contributed by atoms with Crippen LogP contribution >= 0.6 is 0 Å². The highest BCUT2D eigenvalue weighted by Gasteiger charge is 2.20. The molecule has 1 aromatic rings. The Morgan fingerprint density at radius 2 is 2.15 bits per heavy atom. The van der Waals surface area contributed by atoms with Crippen LogP contribution < -0.4 is 5.32 Å². The third-order valence-corrected chi connectivity index (χ3v) is 3.94. The number of ether oxygens (including phenoxy) is 1. The van der Waals surface area contributed by atoms with Crippen LogP contribution in [-0.2, 0) is 17.8 Å². The summed E-state index contributed by atoms with van der Waals surface area (Å²) < 4.78 is 7.94. The SMILES string of the molecule is Cc1nn(CC2CN(C)CCO2)c(C)c1CNC(C)C. The van der Waals surface area contributed by atoms with Crippen molar-refractivity contribution < 1.29 is 4.74 Å². The molecule has 5 nitrogen and oxygen atoms in total. The van der Waals surface area contributed by atoms with Crippen molar-refractivity contribution in [3.05, 3.63) is 17.0 Å². The van der Waals surface area contributed by atoms with E-state index in [0.717, 1.165) is 38.5 Å². The fraction of sp³-hybridized carbons (Fsp3) is 0.800. The van der Waals surface area contributed by atoms with Crippen molar-refractivity contribution in [1.29, 1.82) is 0 Å². The van der Waals surface area contributed by atoms with Gasteiger partial charge in [-0.2, -0.15) is 5.10 Å². The van der Waals surface area contributed by atoms with Crippen LogP contribution in [0, 0.1) is 13.8 Å². The van der Waals surface area contributed by atoms with Gasteiger partial charge >= 0.3 is 0 Å². The second-order valence-corrected chi connectivity index (χ2v) is 6.12. The highest BCUT2D eigenvalue weighted by molar-refractivity contribution is 5.24. The normalized spacial score (nSPS) is 20.8. The molecule has 1 aromatic heterocycles. The largest absolute Gasteiger partial charge is 0.374 e. The fourth-order valence-corrected chi connectivity index (χ4v) is 2.64. The van der Waals surface area contributed by atoms with Crippen LogP contribution in [0.4, 0.5) is 0 Å². The number of aromatic nitrogens is 2. The van der Waals surface area contributed by atoms with Crippen molar-refractivity contribution in [1.82, 2.24) is 20.0 Å². The molecule has 20 heavy (non-hydrogen) atoms. The van der Waals surface area contributed by atoms with Gasteiger partial charge in [0.05, 0.1) is 24.9 Å². The van der Waals surface area contributed by atoms with Crippen molar-refractivity contribution in [3.63, 3.8) is 0 Å². The number of hydrogen-bond donors (Lipinski definition) is 1. The van der Waals surface area contributed by atoms with Gasteiger partial charge in [-0.25, -0.2) is 0 Å². The minimum atomic E-state index is 0.248. The van der Waals surface area contributed by atoms with E-state index in [0.29, 0.717) is 6.04 Å². The van der Waals surface area contributed by atoms with Crippen LogP contribution in [0.5, 0.6) is 0 Å². The monoisotopic (exact) mass is 280 g/mol. The molecule has 2 heterocycles. The first-order chi connectivity index (χ1) is 9.47. The summed E-state index contributed by atoms with van der Waals surface area (Å²) in [6, 6.07) is 0.493. The lowest BCUT2D eigenvalue weighted by atomic mass is 10.2. The van der Waals surface area contributed by atoms with Gasteiger partial charge in [-0.3, -0.25) is 4.68 Å². The Morgan fingerprint density at radius 3 is 2.80 bits per heavy atom. The molecule has 1 N–H and O–H groups in total. The van der Waals surface area contributed by atoms with E-state index in [2.05, 4.69) is 54.7 Å². The Morgan fingerprint density at radius 1 is 1.40 bits per heavy atom. The predicted octanol–water partition coefficient (Wildman–Crippen LogP) is 1.33. The summed E-state index contributed by atoms with van der Waals surface area (Å²) in [4.78, 5) is 2.32. The van der Waals surface area contributed by atoms with Crippen molar-refractivity contribution >= 4 is 0 Å². The molecule has 0 spiro atoms. The van der Waals surface area contributed by atoms with Gasteiger partial charge in [0.15, 0.2) is 0 Å². The van der Waals surface area contributed by atoms with E-state index in [1.807, 2.05) is 0 Å². The molecule has 1 atom stereocenters. The molecule has 1 aliphatic heterocycles. The standard InChI is InChI=1S/C15H28N4O/c1-11(2)16-8-15-12(3)17-19(13(15)4)10-14-9-18(5)6-7-20-14/h11,14,16H,6-10H2,1-5H3. The molecular formula is C15H28N4O. The Bertz CT molecular complexity index is 441. The number of hydrogen-bond acceptors (Lipinski definition) is 4. The fourth-order valence-electron chi connectivity index (χ4n) is 2.64. The first kappa shape index (κ1) is 15.5. The van der Waals surface area contributed by atoms with Crippen LogP contribution in [0.25, 0.3) is 0 Å². The van der Waals surface area contributed by atoms with Gasteiger partial charge in [0.2, 0.25) is 0 Å². The maximum atomic E-state index is 5.84. The minimum Gasteiger partial charge on any atom is -0.374 e. The molecule has 1 fully saturated rings. The number of nitrogens with zero attached hydrogens (tertiary/aromatic N) is 3. The van der Waals surface area contributed by atoms with Gasteiger partial charge in [-0.1, -0.05) is 13.8 Å². The summed E-state index contributed by atoms with van der Waals surface area (Å²) in [6.45, 7) is 13.1. The Kier molecular flexibility index (Phi) is 5.18. The third-order valence-electron chi connectivity index (χ3n) is 3.94. The lowest BCUT2D eigenvalue weighted by Gasteiger charge is -2.30. The lowest BCUT2D eigenvalue weighted by Crippen LogP contribution is -2.42. The zero-order valence-electron chi connectivity index (χ0n) is 13.4. The third kappa shape index (κ3) is 3.81. The minimum absolute atomic E-state index is 0.248. The van der Waals surface area contributed by atoms with Gasteiger partial charge in [0.25, 0.3) is 0 Å². The van der Waals surface area contributed by atoms with Crippen molar-refractivity contribution in [2.24, 2.45) is 0 Å². The summed E-state index contributed by atoms with van der Waals surface area (Å²) in [5.41, 5.74) is 3.70. The zero-order valence-corrected chi connectivity index (χ0v) is 13.4. The number of aryl methyl sites for hydroxylation is 1. The molecule has 1 saturated heterocycles. The van der Waals surface area contributed by atoms with Crippen LogP contribution in [0.3, 0.4) is 0 Å². The van der Waals surface area contributed by atoms with E-state index in [1.165, 1.54) is 11.3 Å². The smallest absolute Gasteiger partial charge is 0.0898 e. The average molecular weight is 280 g/mol. The van der Waals surface area contributed by atoms with Crippen LogP contribution in [0.15, 0.2) is 0 Å². The van der Waals surface area contributed by atoms with E-state index in [-0.39, 0.29) is 6.10 Å². The van der Waals surface area contributed by atoms with Gasteiger partial charge < -0.3 is 15.0 Å². The second-order valence-electron chi connectivity index (χ2n) is 6.12. The van der Waals surface area contributed by atoms with Crippen molar-refractivity contribution in [3.8, 4) is 0 Å². The second kappa shape index (κ2) is 6.70. The summed E-state index contributed by atoms with van der Waals surface area (Å²) >= 11 is 0. The molecule has 0 radical (unpaired) electrons. The Labute approximate surface area is 122 Å². The molecule has 0 aromatic carbocycles. The molecule has 1 unspecified atom stereocenters. The topological polar surface area (TPSA) is 42.3 Å². The summed E-state index contributed by atoms with van der Waals surface area (Å²) in [5, 5.41) is 8.16. The van der Waals surface area contributed by atoms with E-state index in [1.54, 1.807) is 0 Å². The number of morpholine rings is 1. The van der Waals surface area contributed by atoms with E-state index < -0.39 is 0 Å². The molecule has 0 saturated carbocycles. The highest BCUT2D eigenvalue weighted by atomic mass is 16.5. The van der Waals surface area contributed by atoms with Crippen LogP contribution in [-0.4, -0.2) is 53.6 Å². The molecular weight excluding hydrogens is 252 g/mol. The van der Waals surface area contributed by atoms with Crippen LogP contribution in [0.1, 0.15) is 30.8 Å². The number of likely N-dealkylation sites (N-methyl/N-ethyl adjacent to an activating group) is 1. The van der Waals surface area contributed by atoms with Crippen molar-refractivity contribution in [2.75, 3.05) is 26.7 Å². The maximum Gasteiger partial charge on any atom is 0.0898 e. The zero-order chi connectivity index (χ0) is 14.7. The summed E-state index contributed by atoms with van der Waals surface area (Å²) in [6.07, 6.45) is 0.248. The molecule has 114 valence electrons. The number of rotatable bonds is 5. The maximum absolute atomic E-state index is 5.84. The summed E-state index contributed by atoms with van der Waals surface area (Å²) in [7, 11) is 2.15. The molecule has 0 amide bonds. The average Bonchev–Trinajstić information content (AvgIpc) is 2.62. The summed E-state index contributed by atoms with van der Waals surface area (Å²) in [5.74, 6) is 0.